The van der Waals surface area contributed by atoms with E-state index in [0.717, 1.165) is 18.0 Å². The van der Waals surface area contributed by atoms with E-state index in [1.165, 1.54) is 18.4 Å². The highest BCUT2D eigenvalue weighted by Gasteiger charge is 2.28. The Kier molecular flexibility index (Phi) is 3.34. The fourth-order valence-corrected chi connectivity index (χ4v) is 2.48. The lowest BCUT2D eigenvalue weighted by molar-refractivity contribution is 0.293. The average molecular weight is 221 g/mol. The van der Waals surface area contributed by atoms with Crippen molar-refractivity contribution in [2.75, 3.05) is 27.8 Å². The second kappa shape index (κ2) is 4.74. The van der Waals surface area contributed by atoms with Crippen LogP contribution in [0.25, 0.3) is 0 Å². The Hall–Kier alpha value is -1.22. The van der Waals surface area contributed by atoms with Gasteiger partial charge in [0, 0.05) is 6.04 Å². The van der Waals surface area contributed by atoms with Crippen LogP contribution < -0.4 is 9.47 Å². The molecule has 2 rings (SSSR count). The summed E-state index contributed by atoms with van der Waals surface area (Å²) in [6.45, 7) is 1.14. The summed E-state index contributed by atoms with van der Waals surface area (Å²) in [4.78, 5) is 2.36. The van der Waals surface area contributed by atoms with Crippen molar-refractivity contribution in [1.29, 1.82) is 0 Å². The molecule has 0 bridgehead atoms. The predicted octanol–water partition coefficient (Wildman–Crippen LogP) is 2.47. The summed E-state index contributed by atoms with van der Waals surface area (Å²) in [6.07, 6.45) is 2.41. The molecule has 1 fully saturated rings. The minimum Gasteiger partial charge on any atom is -0.496 e. The van der Waals surface area contributed by atoms with Crippen molar-refractivity contribution in [2.45, 2.75) is 18.9 Å². The van der Waals surface area contributed by atoms with Gasteiger partial charge in [-0.15, -0.1) is 0 Å². The monoisotopic (exact) mass is 221 g/mol. The van der Waals surface area contributed by atoms with E-state index in [1.54, 1.807) is 14.2 Å². The summed E-state index contributed by atoms with van der Waals surface area (Å²) < 4.78 is 10.9. The van der Waals surface area contributed by atoms with Crippen LogP contribution in [0.2, 0.25) is 0 Å². The molecule has 0 aliphatic carbocycles. The van der Waals surface area contributed by atoms with E-state index in [1.807, 2.05) is 18.2 Å². The van der Waals surface area contributed by atoms with Gasteiger partial charge in [0.15, 0.2) is 0 Å². The van der Waals surface area contributed by atoms with Crippen LogP contribution in [-0.4, -0.2) is 32.7 Å². The zero-order valence-corrected chi connectivity index (χ0v) is 10.2. The fourth-order valence-electron chi connectivity index (χ4n) is 2.48. The smallest absolute Gasteiger partial charge is 0.127 e. The van der Waals surface area contributed by atoms with Gasteiger partial charge in [0.2, 0.25) is 0 Å². The summed E-state index contributed by atoms with van der Waals surface area (Å²) in [7, 11) is 5.59. The van der Waals surface area contributed by atoms with Crippen LogP contribution in [0.1, 0.15) is 24.4 Å². The molecule has 1 atom stereocenters. The van der Waals surface area contributed by atoms with Crippen LogP contribution in [0.5, 0.6) is 11.5 Å². The number of methoxy groups -OCH3 is 2. The van der Waals surface area contributed by atoms with Gasteiger partial charge < -0.3 is 9.47 Å². The molecule has 0 N–H and O–H groups in total. The molecule has 1 heterocycles. The molecule has 0 spiro atoms. The maximum absolute atomic E-state index is 5.44. The highest BCUT2D eigenvalue weighted by atomic mass is 16.5. The van der Waals surface area contributed by atoms with Crippen LogP contribution in [0, 0.1) is 0 Å². The molecule has 0 unspecified atom stereocenters. The molecule has 3 heteroatoms. The molecule has 16 heavy (non-hydrogen) atoms. The number of benzene rings is 1. The molecule has 0 saturated carbocycles. The average Bonchev–Trinajstić information content (AvgIpc) is 2.74. The van der Waals surface area contributed by atoms with Gasteiger partial charge in [-0.3, -0.25) is 4.90 Å². The zero-order chi connectivity index (χ0) is 11.5. The third-order valence-corrected chi connectivity index (χ3v) is 3.32. The van der Waals surface area contributed by atoms with Gasteiger partial charge in [0.05, 0.1) is 19.8 Å². The Morgan fingerprint density at radius 2 is 1.81 bits per heavy atom. The lowest BCUT2D eigenvalue weighted by atomic mass is 10.0. The first-order valence-electron chi connectivity index (χ1n) is 5.69. The van der Waals surface area contributed by atoms with Crippen molar-refractivity contribution in [2.24, 2.45) is 0 Å². The Morgan fingerprint density at radius 3 is 2.25 bits per heavy atom. The zero-order valence-electron chi connectivity index (χ0n) is 10.2. The number of rotatable bonds is 3. The lowest BCUT2D eigenvalue weighted by Gasteiger charge is -2.23. The van der Waals surface area contributed by atoms with E-state index in [-0.39, 0.29) is 0 Å². The van der Waals surface area contributed by atoms with Crippen LogP contribution in [0.15, 0.2) is 18.2 Å². The molecule has 88 valence electrons. The third kappa shape index (κ3) is 1.87. The van der Waals surface area contributed by atoms with Crippen LogP contribution >= 0.6 is 0 Å². The highest BCUT2D eigenvalue weighted by Crippen LogP contribution is 2.41. The van der Waals surface area contributed by atoms with Gasteiger partial charge >= 0.3 is 0 Å². The van der Waals surface area contributed by atoms with Crippen molar-refractivity contribution < 1.29 is 9.47 Å². The molecule has 1 aliphatic heterocycles. The summed E-state index contributed by atoms with van der Waals surface area (Å²) in [5, 5.41) is 0. The first kappa shape index (κ1) is 11.3. The quantitative estimate of drug-likeness (QED) is 0.782. The Morgan fingerprint density at radius 1 is 1.19 bits per heavy atom. The van der Waals surface area contributed by atoms with Gasteiger partial charge in [0.1, 0.15) is 11.5 Å². The first-order valence-corrected chi connectivity index (χ1v) is 5.69. The molecule has 1 aromatic rings. The standard InChI is InChI=1S/C13H19NO2/c1-14-9-5-6-10(14)13-11(15-2)7-4-8-12(13)16-3/h4,7-8,10H,5-6,9H2,1-3H3/t10-/m1/s1. The summed E-state index contributed by atoms with van der Waals surface area (Å²) in [5.74, 6) is 1.86. The van der Waals surface area contributed by atoms with E-state index in [2.05, 4.69) is 11.9 Å². The highest BCUT2D eigenvalue weighted by molar-refractivity contribution is 5.47. The largest absolute Gasteiger partial charge is 0.496 e. The molecule has 0 aromatic heterocycles. The van der Waals surface area contributed by atoms with Crippen molar-refractivity contribution >= 4 is 0 Å². The number of hydrogen-bond acceptors (Lipinski definition) is 3. The van der Waals surface area contributed by atoms with E-state index in [4.69, 9.17) is 9.47 Å². The molecule has 1 aromatic carbocycles. The SMILES string of the molecule is COc1cccc(OC)c1[C@H]1CCCN1C. The van der Waals surface area contributed by atoms with E-state index in [0.29, 0.717) is 6.04 Å². The fraction of sp³-hybridized carbons (Fsp3) is 0.538. The normalized spacial score (nSPS) is 21.1. The Balaban J connectivity index is 2.43. The molecule has 1 saturated heterocycles. The molecule has 0 radical (unpaired) electrons. The Bertz CT molecular complexity index is 343. The van der Waals surface area contributed by atoms with Crippen molar-refractivity contribution in [3.05, 3.63) is 23.8 Å². The molecular formula is C13H19NO2. The van der Waals surface area contributed by atoms with Gasteiger partial charge in [-0.05, 0) is 38.6 Å². The molecule has 0 amide bonds. The van der Waals surface area contributed by atoms with E-state index >= 15 is 0 Å². The second-order valence-electron chi connectivity index (χ2n) is 4.21. The van der Waals surface area contributed by atoms with Crippen LogP contribution in [0.4, 0.5) is 0 Å². The predicted molar refractivity (Wildman–Crippen MR) is 64.2 cm³/mol. The van der Waals surface area contributed by atoms with Gasteiger partial charge in [-0.1, -0.05) is 6.07 Å². The van der Waals surface area contributed by atoms with Gasteiger partial charge in [0.25, 0.3) is 0 Å². The number of ether oxygens (including phenoxy) is 2. The molecular weight excluding hydrogens is 202 g/mol. The van der Waals surface area contributed by atoms with Crippen LogP contribution in [0.3, 0.4) is 0 Å². The van der Waals surface area contributed by atoms with Crippen LogP contribution in [-0.2, 0) is 0 Å². The lowest BCUT2D eigenvalue weighted by Crippen LogP contribution is -2.18. The Labute approximate surface area is 97.0 Å². The molecule has 3 nitrogen and oxygen atoms in total. The number of likely N-dealkylation sites (tertiary alicyclic amines) is 1. The minimum atomic E-state index is 0.422. The van der Waals surface area contributed by atoms with Gasteiger partial charge in [-0.25, -0.2) is 0 Å². The van der Waals surface area contributed by atoms with Crippen molar-refractivity contribution in [3.8, 4) is 11.5 Å². The van der Waals surface area contributed by atoms with E-state index < -0.39 is 0 Å². The van der Waals surface area contributed by atoms with Gasteiger partial charge in [-0.2, -0.15) is 0 Å². The minimum absolute atomic E-state index is 0.422. The van der Waals surface area contributed by atoms with Crippen molar-refractivity contribution in [1.82, 2.24) is 4.90 Å². The third-order valence-electron chi connectivity index (χ3n) is 3.32. The topological polar surface area (TPSA) is 21.7 Å². The molecule has 1 aliphatic rings. The second-order valence-corrected chi connectivity index (χ2v) is 4.21. The summed E-state index contributed by atoms with van der Waals surface area (Å²) in [6, 6.07) is 6.40. The summed E-state index contributed by atoms with van der Waals surface area (Å²) in [5.41, 5.74) is 1.19. The first-order chi connectivity index (χ1) is 7.77. The number of hydrogen-bond donors (Lipinski definition) is 0. The number of nitrogens with zero attached hydrogens (tertiary/aromatic N) is 1. The summed E-state index contributed by atoms with van der Waals surface area (Å²) >= 11 is 0. The maximum atomic E-state index is 5.44. The maximum Gasteiger partial charge on any atom is 0.127 e. The van der Waals surface area contributed by atoms with E-state index in [9.17, 15) is 0 Å². The van der Waals surface area contributed by atoms with Crippen molar-refractivity contribution in [3.63, 3.8) is 0 Å².